The van der Waals surface area contributed by atoms with Crippen LogP contribution in [-0.4, -0.2) is 56.5 Å². The summed E-state index contributed by atoms with van der Waals surface area (Å²) in [5, 5.41) is 3.37. The molecule has 0 radical (unpaired) electrons. The molecule has 0 saturated carbocycles. The number of nitrogens with one attached hydrogen (secondary N) is 1. The maximum absolute atomic E-state index is 12.6. The highest BCUT2D eigenvalue weighted by Crippen LogP contribution is 2.29. The maximum atomic E-state index is 12.6. The molecule has 0 spiro atoms. The molecule has 8 heteroatoms. The summed E-state index contributed by atoms with van der Waals surface area (Å²) in [7, 11) is 5.77. The van der Waals surface area contributed by atoms with Crippen molar-refractivity contribution in [3.63, 3.8) is 0 Å². The van der Waals surface area contributed by atoms with Crippen molar-refractivity contribution in [2.24, 2.45) is 10.9 Å². The van der Waals surface area contributed by atoms with Crippen LogP contribution in [0.15, 0.2) is 29.3 Å². The van der Waals surface area contributed by atoms with Gasteiger partial charge in [0.1, 0.15) is 0 Å². The number of hydrogen-bond acceptors (Lipinski definition) is 2. The minimum absolute atomic E-state index is 0. The third-order valence-corrected chi connectivity index (χ3v) is 4.95. The van der Waals surface area contributed by atoms with Gasteiger partial charge in [-0.2, -0.15) is 13.2 Å². The molecule has 2 rings (SSSR count). The Kier molecular flexibility index (Phi) is 9.86. The van der Waals surface area contributed by atoms with Crippen LogP contribution in [0.2, 0.25) is 0 Å². The zero-order chi connectivity index (χ0) is 19.2. The van der Waals surface area contributed by atoms with Crippen LogP contribution in [0.3, 0.4) is 0 Å². The van der Waals surface area contributed by atoms with E-state index in [2.05, 4.69) is 22.3 Å². The van der Waals surface area contributed by atoms with E-state index in [1.165, 1.54) is 25.0 Å². The van der Waals surface area contributed by atoms with E-state index in [-0.39, 0.29) is 24.0 Å². The summed E-state index contributed by atoms with van der Waals surface area (Å²) in [5.74, 6) is 1.51. The summed E-state index contributed by atoms with van der Waals surface area (Å²) in [6.07, 6.45) is -0.715. The fourth-order valence-corrected chi connectivity index (χ4v) is 3.27. The summed E-state index contributed by atoms with van der Waals surface area (Å²) in [6, 6.07) is 5.29. The molecule has 1 aromatic rings. The predicted octanol–water partition coefficient (Wildman–Crippen LogP) is 4.06. The molecule has 0 unspecified atom stereocenters. The predicted molar refractivity (Wildman–Crippen MR) is 115 cm³/mol. The van der Waals surface area contributed by atoms with Crippen molar-refractivity contribution in [3.05, 3.63) is 35.4 Å². The Morgan fingerprint density at radius 3 is 2.33 bits per heavy atom. The van der Waals surface area contributed by atoms with Crippen LogP contribution < -0.4 is 5.32 Å². The van der Waals surface area contributed by atoms with Crippen LogP contribution in [0.4, 0.5) is 13.2 Å². The molecule has 1 aliphatic rings. The van der Waals surface area contributed by atoms with Gasteiger partial charge in [-0.1, -0.05) is 12.1 Å². The van der Waals surface area contributed by atoms with Gasteiger partial charge in [-0.25, -0.2) is 0 Å². The fourth-order valence-electron chi connectivity index (χ4n) is 3.27. The first-order valence-electron chi connectivity index (χ1n) is 9.06. The van der Waals surface area contributed by atoms with Crippen molar-refractivity contribution in [2.45, 2.75) is 32.0 Å². The molecule has 1 aromatic carbocycles. The smallest absolute Gasteiger partial charge is 0.356 e. The van der Waals surface area contributed by atoms with Gasteiger partial charge in [0.2, 0.25) is 0 Å². The van der Waals surface area contributed by atoms with Gasteiger partial charge < -0.3 is 15.1 Å². The zero-order valence-electron chi connectivity index (χ0n) is 16.2. The molecule has 0 aromatic heterocycles. The number of likely N-dealkylation sites (tertiary alicyclic amines) is 1. The number of hydrogen-bond donors (Lipinski definition) is 1. The van der Waals surface area contributed by atoms with Crippen LogP contribution in [-0.2, 0) is 12.7 Å². The van der Waals surface area contributed by atoms with Crippen LogP contribution in [0, 0.1) is 5.92 Å². The number of piperidine rings is 1. The Hall–Kier alpha value is -1.03. The van der Waals surface area contributed by atoms with Crippen molar-refractivity contribution in [1.82, 2.24) is 15.1 Å². The summed E-state index contributed by atoms with van der Waals surface area (Å²) in [5.41, 5.74) is 0.198. The van der Waals surface area contributed by atoms with Gasteiger partial charge in [-0.3, -0.25) is 4.99 Å². The van der Waals surface area contributed by atoms with Crippen molar-refractivity contribution < 1.29 is 13.2 Å². The summed E-state index contributed by atoms with van der Waals surface area (Å²) in [6.45, 7) is 3.69. The highest BCUT2D eigenvalue weighted by molar-refractivity contribution is 14.0. The standard InChI is InChI=1S/C19H29F3N4.HI/c1-23-18(24-11-8-15-9-12-25(2)13-10-15)26(3)14-16-4-6-17(7-5-16)19(20,21)22;/h4-7,15H,8-14H2,1-3H3,(H,23,24);1H. The lowest BCUT2D eigenvalue weighted by Gasteiger charge is -2.29. The molecule has 1 N–H and O–H groups in total. The second kappa shape index (κ2) is 11.1. The van der Waals surface area contributed by atoms with Gasteiger partial charge in [0, 0.05) is 27.2 Å². The number of nitrogens with zero attached hydrogens (tertiary/aromatic N) is 3. The van der Waals surface area contributed by atoms with Gasteiger partial charge >= 0.3 is 6.18 Å². The average molecular weight is 498 g/mol. The topological polar surface area (TPSA) is 30.9 Å². The van der Waals surface area contributed by atoms with E-state index in [0.717, 1.165) is 55.6 Å². The molecule has 0 amide bonds. The summed E-state index contributed by atoms with van der Waals surface area (Å²) >= 11 is 0. The third kappa shape index (κ3) is 7.85. The second-order valence-electron chi connectivity index (χ2n) is 7.06. The van der Waals surface area contributed by atoms with Crippen molar-refractivity contribution >= 4 is 29.9 Å². The molecule has 0 bridgehead atoms. The number of halogens is 4. The first kappa shape index (κ1) is 24.0. The first-order chi connectivity index (χ1) is 12.3. The molecule has 27 heavy (non-hydrogen) atoms. The first-order valence-corrected chi connectivity index (χ1v) is 9.06. The molecule has 1 saturated heterocycles. The molecular formula is C19H30F3IN4. The third-order valence-electron chi connectivity index (χ3n) is 4.95. The highest BCUT2D eigenvalue weighted by Gasteiger charge is 2.29. The Balaban J connectivity index is 0.00000364. The van der Waals surface area contributed by atoms with Crippen molar-refractivity contribution in [2.75, 3.05) is 40.8 Å². The number of rotatable bonds is 5. The minimum Gasteiger partial charge on any atom is -0.356 e. The zero-order valence-corrected chi connectivity index (χ0v) is 18.6. The molecule has 4 nitrogen and oxygen atoms in total. The van der Waals surface area contributed by atoms with Gasteiger partial charge in [-0.15, -0.1) is 24.0 Å². The van der Waals surface area contributed by atoms with E-state index >= 15 is 0 Å². The molecule has 1 heterocycles. The molecule has 1 aliphatic heterocycles. The van der Waals surface area contributed by atoms with Crippen molar-refractivity contribution in [3.8, 4) is 0 Å². The summed E-state index contributed by atoms with van der Waals surface area (Å²) < 4.78 is 37.9. The normalized spacial score (nSPS) is 16.7. The lowest BCUT2D eigenvalue weighted by atomic mass is 9.94. The van der Waals surface area contributed by atoms with E-state index in [9.17, 15) is 13.2 Å². The Morgan fingerprint density at radius 2 is 1.81 bits per heavy atom. The largest absolute Gasteiger partial charge is 0.416 e. The lowest BCUT2D eigenvalue weighted by Crippen LogP contribution is -2.40. The number of aliphatic imine (C=N–C) groups is 1. The quantitative estimate of drug-likeness (QED) is 0.378. The molecular weight excluding hydrogens is 468 g/mol. The molecule has 0 aliphatic carbocycles. The minimum atomic E-state index is -4.30. The van der Waals surface area contributed by atoms with E-state index in [1.54, 1.807) is 7.05 Å². The van der Waals surface area contributed by atoms with Crippen molar-refractivity contribution in [1.29, 1.82) is 0 Å². The van der Waals surface area contributed by atoms with Crippen LogP contribution in [0.25, 0.3) is 0 Å². The number of alkyl halides is 3. The Bertz CT molecular complexity index is 582. The van der Waals surface area contributed by atoms with Gasteiger partial charge in [-0.05, 0) is 63.0 Å². The van der Waals surface area contributed by atoms with Gasteiger partial charge in [0.05, 0.1) is 5.56 Å². The monoisotopic (exact) mass is 498 g/mol. The summed E-state index contributed by atoms with van der Waals surface area (Å²) in [4.78, 5) is 8.57. The SMILES string of the molecule is CN=C(NCCC1CCN(C)CC1)N(C)Cc1ccc(C(F)(F)F)cc1.I. The van der Waals surface area contributed by atoms with Crippen LogP contribution in [0.1, 0.15) is 30.4 Å². The Morgan fingerprint density at radius 1 is 1.22 bits per heavy atom. The second-order valence-corrected chi connectivity index (χ2v) is 7.06. The molecule has 1 fully saturated rings. The van der Waals surface area contributed by atoms with Gasteiger partial charge in [0.25, 0.3) is 0 Å². The van der Waals surface area contributed by atoms with E-state index < -0.39 is 11.7 Å². The van der Waals surface area contributed by atoms with E-state index in [4.69, 9.17) is 0 Å². The molecule has 0 atom stereocenters. The van der Waals surface area contributed by atoms with Crippen LogP contribution >= 0.6 is 24.0 Å². The maximum Gasteiger partial charge on any atom is 0.416 e. The van der Waals surface area contributed by atoms with E-state index in [0.29, 0.717) is 6.54 Å². The highest BCUT2D eigenvalue weighted by atomic mass is 127. The van der Waals surface area contributed by atoms with E-state index in [1.807, 2.05) is 11.9 Å². The van der Waals surface area contributed by atoms with Crippen LogP contribution in [0.5, 0.6) is 0 Å². The number of guanidine groups is 1. The van der Waals surface area contributed by atoms with Gasteiger partial charge in [0.15, 0.2) is 5.96 Å². The lowest BCUT2D eigenvalue weighted by molar-refractivity contribution is -0.137. The fraction of sp³-hybridized carbons (Fsp3) is 0.632. The molecule has 154 valence electrons. The Labute approximate surface area is 177 Å². The number of benzene rings is 1. The average Bonchev–Trinajstić information content (AvgIpc) is 2.60.